The van der Waals surface area contributed by atoms with Gasteiger partial charge in [0.2, 0.25) is 0 Å². The summed E-state index contributed by atoms with van der Waals surface area (Å²) in [7, 11) is 0. The molecule has 1 N–H and O–H groups in total. The van der Waals surface area contributed by atoms with E-state index in [0.717, 1.165) is 37.6 Å². The van der Waals surface area contributed by atoms with Crippen LogP contribution < -0.4 is 4.74 Å². The maximum atomic E-state index is 12.0. The Labute approximate surface area is 123 Å². The second-order valence-corrected chi connectivity index (χ2v) is 5.09. The molecule has 0 bridgehead atoms. The van der Waals surface area contributed by atoms with Crippen molar-refractivity contribution in [3.8, 4) is 5.75 Å². The van der Waals surface area contributed by atoms with Crippen molar-refractivity contribution >= 4 is 18.0 Å². The van der Waals surface area contributed by atoms with E-state index in [-0.39, 0.29) is 12.5 Å². The van der Waals surface area contributed by atoms with Crippen molar-refractivity contribution in [2.45, 2.75) is 19.8 Å². The summed E-state index contributed by atoms with van der Waals surface area (Å²) >= 11 is 0. The van der Waals surface area contributed by atoms with E-state index >= 15 is 0 Å². The van der Waals surface area contributed by atoms with E-state index in [2.05, 4.69) is 0 Å². The summed E-state index contributed by atoms with van der Waals surface area (Å²) in [5.41, 5.74) is 1.66. The highest BCUT2D eigenvalue weighted by Crippen LogP contribution is 2.22. The Balaban J connectivity index is 2.04. The fourth-order valence-electron chi connectivity index (χ4n) is 2.29. The molecule has 21 heavy (non-hydrogen) atoms. The number of carbonyl (C=O) groups is 2. The Bertz CT molecular complexity index is 559. The molecule has 0 saturated carbocycles. The number of hydrogen-bond acceptors (Lipinski definition) is 3. The van der Waals surface area contributed by atoms with Gasteiger partial charge in [-0.05, 0) is 38.0 Å². The third kappa shape index (κ3) is 4.34. The molecule has 112 valence electrons. The molecule has 1 heterocycles. The van der Waals surface area contributed by atoms with Crippen LogP contribution >= 0.6 is 0 Å². The first kappa shape index (κ1) is 15.1. The van der Waals surface area contributed by atoms with E-state index in [1.165, 1.54) is 6.08 Å². The van der Waals surface area contributed by atoms with Crippen LogP contribution in [0.2, 0.25) is 0 Å². The lowest BCUT2D eigenvalue weighted by Gasteiger charge is -2.16. The van der Waals surface area contributed by atoms with Gasteiger partial charge in [0.15, 0.2) is 6.61 Å². The van der Waals surface area contributed by atoms with Crippen LogP contribution in [0.15, 0.2) is 24.3 Å². The Morgan fingerprint density at radius 2 is 2.05 bits per heavy atom. The van der Waals surface area contributed by atoms with Crippen LogP contribution in [0, 0.1) is 6.92 Å². The quantitative estimate of drug-likeness (QED) is 0.843. The summed E-state index contributed by atoms with van der Waals surface area (Å²) in [6, 6.07) is 5.46. The molecule has 1 saturated heterocycles. The lowest BCUT2D eigenvalue weighted by molar-refractivity contribution is -0.132. The molecule has 5 heteroatoms. The number of likely N-dealkylation sites (tertiary alicyclic amines) is 1. The molecule has 0 atom stereocenters. The first-order valence-electron chi connectivity index (χ1n) is 6.98. The summed E-state index contributed by atoms with van der Waals surface area (Å²) in [6.45, 7) is 3.48. The minimum Gasteiger partial charge on any atom is -0.483 e. The van der Waals surface area contributed by atoms with Crippen LogP contribution in [0.25, 0.3) is 6.08 Å². The van der Waals surface area contributed by atoms with Gasteiger partial charge in [-0.25, -0.2) is 4.79 Å². The molecule has 0 aromatic heterocycles. The molecule has 0 unspecified atom stereocenters. The highest BCUT2D eigenvalue weighted by Gasteiger charge is 2.18. The van der Waals surface area contributed by atoms with Crippen molar-refractivity contribution < 1.29 is 19.4 Å². The highest BCUT2D eigenvalue weighted by molar-refractivity contribution is 5.86. The van der Waals surface area contributed by atoms with Gasteiger partial charge in [0, 0.05) is 24.7 Å². The van der Waals surface area contributed by atoms with Gasteiger partial charge in [-0.15, -0.1) is 0 Å². The number of benzene rings is 1. The molecule has 0 radical (unpaired) electrons. The third-order valence-corrected chi connectivity index (χ3v) is 3.38. The van der Waals surface area contributed by atoms with E-state index in [0.29, 0.717) is 11.3 Å². The fourth-order valence-corrected chi connectivity index (χ4v) is 2.29. The van der Waals surface area contributed by atoms with Gasteiger partial charge in [-0.1, -0.05) is 11.6 Å². The lowest BCUT2D eigenvalue weighted by atomic mass is 10.1. The van der Waals surface area contributed by atoms with Gasteiger partial charge >= 0.3 is 5.97 Å². The van der Waals surface area contributed by atoms with Crippen LogP contribution in [0.4, 0.5) is 0 Å². The number of aryl methyl sites for hydroxylation is 1. The van der Waals surface area contributed by atoms with Gasteiger partial charge in [-0.2, -0.15) is 0 Å². The number of nitrogens with zero attached hydrogens (tertiary/aromatic N) is 1. The minimum atomic E-state index is -1.02. The van der Waals surface area contributed by atoms with Gasteiger partial charge < -0.3 is 14.7 Å². The summed E-state index contributed by atoms with van der Waals surface area (Å²) < 4.78 is 5.56. The van der Waals surface area contributed by atoms with Crippen molar-refractivity contribution in [1.29, 1.82) is 0 Å². The minimum absolute atomic E-state index is 0.0169. The smallest absolute Gasteiger partial charge is 0.328 e. The number of amides is 1. The number of ether oxygens (including phenoxy) is 1. The monoisotopic (exact) mass is 289 g/mol. The van der Waals surface area contributed by atoms with Crippen LogP contribution in [0.5, 0.6) is 5.75 Å². The van der Waals surface area contributed by atoms with E-state index in [1.54, 1.807) is 11.0 Å². The average molecular weight is 289 g/mol. The van der Waals surface area contributed by atoms with Gasteiger partial charge in [0.05, 0.1) is 0 Å². The molecule has 1 amide bonds. The van der Waals surface area contributed by atoms with Crippen molar-refractivity contribution in [2.75, 3.05) is 19.7 Å². The second-order valence-electron chi connectivity index (χ2n) is 5.09. The predicted octanol–water partition coefficient (Wildman–Crippen LogP) is 2.09. The molecule has 1 aromatic rings. The Morgan fingerprint density at radius 1 is 1.33 bits per heavy atom. The molecule has 0 spiro atoms. The number of aliphatic carboxylic acids is 1. The number of carboxylic acid groups (broad SMARTS) is 1. The number of carbonyl (C=O) groups excluding carboxylic acids is 1. The normalized spacial score (nSPS) is 14.6. The van der Waals surface area contributed by atoms with Crippen LogP contribution in [0.3, 0.4) is 0 Å². The van der Waals surface area contributed by atoms with E-state index in [9.17, 15) is 9.59 Å². The zero-order valence-corrected chi connectivity index (χ0v) is 12.0. The van der Waals surface area contributed by atoms with Crippen molar-refractivity contribution in [2.24, 2.45) is 0 Å². The number of hydrogen-bond donors (Lipinski definition) is 1. The molecular weight excluding hydrogens is 270 g/mol. The van der Waals surface area contributed by atoms with E-state index in [1.807, 2.05) is 19.1 Å². The summed E-state index contributed by atoms with van der Waals surface area (Å²) in [4.78, 5) is 24.4. The summed E-state index contributed by atoms with van der Waals surface area (Å²) in [6.07, 6.45) is 4.63. The molecule has 1 aliphatic heterocycles. The Hall–Kier alpha value is -2.30. The topological polar surface area (TPSA) is 66.8 Å². The fraction of sp³-hybridized carbons (Fsp3) is 0.375. The molecule has 1 aliphatic rings. The summed E-state index contributed by atoms with van der Waals surface area (Å²) in [5, 5.41) is 8.71. The first-order valence-corrected chi connectivity index (χ1v) is 6.98. The van der Waals surface area contributed by atoms with Crippen molar-refractivity contribution in [3.05, 3.63) is 35.4 Å². The standard InChI is InChI=1S/C16H19NO4/c1-12-4-6-14(13(10-12)5-7-16(19)20)21-11-15(18)17-8-2-3-9-17/h4-7,10H,2-3,8-9,11H2,1H3,(H,19,20). The van der Waals surface area contributed by atoms with Gasteiger partial charge in [0.1, 0.15) is 5.75 Å². The molecular formula is C16H19NO4. The first-order chi connectivity index (χ1) is 10.1. The zero-order chi connectivity index (χ0) is 15.2. The SMILES string of the molecule is Cc1ccc(OCC(=O)N2CCCC2)c(C=CC(=O)O)c1. The molecule has 1 aromatic carbocycles. The number of rotatable bonds is 5. The molecule has 2 rings (SSSR count). The average Bonchev–Trinajstić information content (AvgIpc) is 2.98. The Morgan fingerprint density at radius 3 is 2.71 bits per heavy atom. The number of carboxylic acids is 1. The lowest BCUT2D eigenvalue weighted by Crippen LogP contribution is -2.32. The van der Waals surface area contributed by atoms with E-state index in [4.69, 9.17) is 9.84 Å². The predicted molar refractivity (Wildman–Crippen MR) is 79.2 cm³/mol. The Kier molecular flexibility index (Phi) is 4.98. The van der Waals surface area contributed by atoms with Crippen LogP contribution in [0.1, 0.15) is 24.0 Å². The van der Waals surface area contributed by atoms with Crippen molar-refractivity contribution in [3.63, 3.8) is 0 Å². The van der Waals surface area contributed by atoms with Crippen LogP contribution in [-0.4, -0.2) is 41.6 Å². The summed E-state index contributed by atoms with van der Waals surface area (Å²) in [5.74, 6) is -0.525. The van der Waals surface area contributed by atoms with Crippen LogP contribution in [-0.2, 0) is 9.59 Å². The highest BCUT2D eigenvalue weighted by atomic mass is 16.5. The maximum Gasteiger partial charge on any atom is 0.328 e. The van der Waals surface area contributed by atoms with Gasteiger partial charge in [-0.3, -0.25) is 4.79 Å². The van der Waals surface area contributed by atoms with Gasteiger partial charge in [0.25, 0.3) is 5.91 Å². The molecule has 5 nitrogen and oxygen atoms in total. The largest absolute Gasteiger partial charge is 0.483 e. The van der Waals surface area contributed by atoms with Crippen molar-refractivity contribution in [1.82, 2.24) is 4.90 Å². The molecule has 1 fully saturated rings. The second kappa shape index (κ2) is 6.92. The maximum absolute atomic E-state index is 12.0. The molecule has 0 aliphatic carbocycles. The zero-order valence-electron chi connectivity index (χ0n) is 12.0. The third-order valence-electron chi connectivity index (χ3n) is 3.38. The van der Waals surface area contributed by atoms with E-state index < -0.39 is 5.97 Å².